The first-order valence-corrected chi connectivity index (χ1v) is 6.39. The molecule has 2 heterocycles. The molecule has 0 bridgehead atoms. The van der Waals surface area contributed by atoms with Gasteiger partial charge in [0, 0.05) is 12.6 Å². The van der Waals surface area contributed by atoms with Crippen LogP contribution in [0.15, 0.2) is 42.6 Å². The van der Waals surface area contributed by atoms with E-state index in [0.29, 0.717) is 6.54 Å². The zero-order valence-corrected chi connectivity index (χ0v) is 10.9. The fourth-order valence-electron chi connectivity index (χ4n) is 2.32. The van der Waals surface area contributed by atoms with Crippen molar-refractivity contribution in [2.24, 2.45) is 5.73 Å². The highest BCUT2D eigenvalue weighted by atomic mass is 15.1. The third-order valence-electron chi connectivity index (χ3n) is 3.21. The quantitative estimate of drug-likeness (QED) is 0.777. The topological polar surface area (TPSA) is 56.7 Å². The molecule has 3 rings (SSSR count). The summed E-state index contributed by atoms with van der Waals surface area (Å²) in [5, 5.41) is 0. The predicted octanol–water partition coefficient (Wildman–Crippen LogP) is 2.23. The SMILES string of the molecule is Cc1ccccc1-n1c(CCN)nc2cccnc21. The molecule has 0 amide bonds. The Morgan fingerprint density at radius 3 is 2.79 bits per heavy atom. The fraction of sp³-hybridized carbons (Fsp3) is 0.200. The summed E-state index contributed by atoms with van der Waals surface area (Å²) in [5.74, 6) is 0.963. The lowest BCUT2D eigenvalue weighted by Gasteiger charge is -2.10. The number of imidazole rings is 1. The number of aromatic nitrogens is 3. The molecule has 0 saturated heterocycles. The number of nitrogens with zero attached hydrogens (tertiary/aromatic N) is 3. The van der Waals surface area contributed by atoms with Crippen molar-refractivity contribution in [1.29, 1.82) is 0 Å². The monoisotopic (exact) mass is 252 g/mol. The van der Waals surface area contributed by atoms with E-state index in [4.69, 9.17) is 5.73 Å². The van der Waals surface area contributed by atoms with Gasteiger partial charge in [-0.05, 0) is 37.2 Å². The molecule has 19 heavy (non-hydrogen) atoms. The Kier molecular flexibility index (Phi) is 3.01. The summed E-state index contributed by atoms with van der Waals surface area (Å²) >= 11 is 0. The van der Waals surface area contributed by atoms with Crippen molar-refractivity contribution in [2.45, 2.75) is 13.3 Å². The number of hydrogen-bond acceptors (Lipinski definition) is 3. The van der Waals surface area contributed by atoms with Crippen molar-refractivity contribution >= 4 is 11.2 Å². The molecule has 0 radical (unpaired) electrons. The van der Waals surface area contributed by atoms with Gasteiger partial charge < -0.3 is 5.73 Å². The van der Waals surface area contributed by atoms with Crippen molar-refractivity contribution in [3.63, 3.8) is 0 Å². The normalized spacial score (nSPS) is 11.1. The smallest absolute Gasteiger partial charge is 0.164 e. The van der Waals surface area contributed by atoms with E-state index < -0.39 is 0 Å². The summed E-state index contributed by atoms with van der Waals surface area (Å²) in [6, 6.07) is 12.1. The number of rotatable bonds is 3. The van der Waals surface area contributed by atoms with Crippen LogP contribution in [0.25, 0.3) is 16.9 Å². The maximum absolute atomic E-state index is 5.69. The van der Waals surface area contributed by atoms with E-state index in [1.807, 2.05) is 24.3 Å². The number of hydrogen-bond donors (Lipinski definition) is 1. The van der Waals surface area contributed by atoms with E-state index in [1.54, 1.807) is 6.20 Å². The number of pyridine rings is 1. The Morgan fingerprint density at radius 2 is 2.00 bits per heavy atom. The van der Waals surface area contributed by atoms with Gasteiger partial charge in [0.1, 0.15) is 11.3 Å². The molecule has 0 atom stereocenters. The van der Waals surface area contributed by atoms with E-state index in [1.165, 1.54) is 5.56 Å². The lowest BCUT2D eigenvalue weighted by molar-refractivity contribution is 0.841. The molecule has 2 N–H and O–H groups in total. The van der Waals surface area contributed by atoms with E-state index in [-0.39, 0.29) is 0 Å². The standard InChI is InChI=1S/C15H16N4/c1-11-5-2-3-7-13(11)19-14(8-9-16)18-12-6-4-10-17-15(12)19/h2-7,10H,8-9,16H2,1H3. The van der Waals surface area contributed by atoms with Crippen LogP contribution >= 0.6 is 0 Å². The minimum atomic E-state index is 0.579. The molecule has 0 aliphatic rings. The largest absolute Gasteiger partial charge is 0.330 e. The highest BCUT2D eigenvalue weighted by Gasteiger charge is 2.13. The lowest BCUT2D eigenvalue weighted by Crippen LogP contribution is -2.10. The van der Waals surface area contributed by atoms with Crippen LogP contribution < -0.4 is 5.73 Å². The molecule has 4 nitrogen and oxygen atoms in total. The maximum Gasteiger partial charge on any atom is 0.164 e. The Labute approximate surface area is 111 Å². The van der Waals surface area contributed by atoms with Crippen LogP contribution in [0.2, 0.25) is 0 Å². The molecule has 3 aromatic rings. The zero-order valence-electron chi connectivity index (χ0n) is 10.9. The highest BCUT2D eigenvalue weighted by Crippen LogP contribution is 2.22. The summed E-state index contributed by atoms with van der Waals surface area (Å²) in [6.45, 7) is 2.67. The number of nitrogens with two attached hydrogens (primary N) is 1. The molecule has 0 unspecified atom stereocenters. The van der Waals surface area contributed by atoms with Gasteiger partial charge in [-0.1, -0.05) is 18.2 Å². The molecule has 0 aliphatic heterocycles. The molecule has 0 fully saturated rings. The summed E-state index contributed by atoms with van der Waals surface area (Å²) in [4.78, 5) is 9.10. The van der Waals surface area contributed by atoms with Crippen molar-refractivity contribution in [1.82, 2.24) is 14.5 Å². The molecule has 96 valence electrons. The maximum atomic E-state index is 5.69. The van der Waals surface area contributed by atoms with Crippen LogP contribution in [0.5, 0.6) is 0 Å². The average molecular weight is 252 g/mol. The van der Waals surface area contributed by atoms with Crippen LogP contribution in [-0.4, -0.2) is 21.1 Å². The second-order valence-corrected chi connectivity index (χ2v) is 4.53. The Hall–Kier alpha value is -2.20. The molecule has 1 aromatic carbocycles. The molecule has 0 saturated carbocycles. The van der Waals surface area contributed by atoms with Gasteiger partial charge in [-0.2, -0.15) is 0 Å². The number of benzene rings is 1. The first-order valence-electron chi connectivity index (χ1n) is 6.39. The van der Waals surface area contributed by atoms with Crippen LogP contribution in [-0.2, 0) is 6.42 Å². The van der Waals surface area contributed by atoms with Crippen LogP contribution in [0, 0.1) is 6.92 Å². The van der Waals surface area contributed by atoms with Gasteiger partial charge in [0.2, 0.25) is 0 Å². The fourth-order valence-corrected chi connectivity index (χ4v) is 2.32. The zero-order chi connectivity index (χ0) is 13.2. The number of para-hydroxylation sites is 1. The first kappa shape index (κ1) is 11.9. The highest BCUT2D eigenvalue weighted by molar-refractivity contribution is 5.74. The minimum Gasteiger partial charge on any atom is -0.330 e. The molecular formula is C15H16N4. The van der Waals surface area contributed by atoms with Gasteiger partial charge >= 0.3 is 0 Å². The molecular weight excluding hydrogens is 236 g/mol. The van der Waals surface area contributed by atoms with Crippen LogP contribution in [0.4, 0.5) is 0 Å². The molecule has 4 heteroatoms. The second-order valence-electron chi connectivity index (χ2n) is 4.53. The van der Waals surface area contributed by atoms with Gasteiger partial charge in [-0.15, -0.1) is 0 Å². The van der Waals surface area contributed by atoms with Crippen LogP contribution in [0.1, 0.15) is 11.4 Å². The summed E-state index contributed by atoms with van der Waals surface area (Å²) < 4.78 is 2.11. The lowest BCUT2D eigenvalue weighted by atomic mass is 10.2. The number of aryl methyl sites for hydroxylation is 1. The minimum absolute atomic E-state index is 0.579. The molecule has 0 spiro atoms. The second kappa shape index (κ2) is 4.82. The van der Waals surface area contributed by atoms with E-state index in [2.05, 4.69) is 33.6 Å². The van der Waals surface area contributed by atoms with Crippen molar-refractivity contribution in [2.75, 3.05) is 6.54 Å². The third-order valence-corrected chi connectivity index (χ3v) is 3.21. The van der Waals surface area contributed by atoms with Gasteiger partial charge in [-0.3, -0.25) is 4.57 Å². The average Bonchev–Trinajstić information content (AvgIpc) is 2.78. The van der Waals surface area contributed by atoms with Gasteiger partial charge in [0.15, 0.2) is 5.65 Å². The van der Waals surface area contributed by atoms with Crippen molar-refractivity contribution in [3.05, 3.63) is 54.0 Å². The predicted molar refractivity (Wildman–Crippen MR) is 76.4 cm³/mol. The number of fused-ring (bicyclic) bond motifs is 1. The first-order chi connectivity index (χ1) is 9.31. The van der Waals surface area contributed by atoms with Gasteiger partial charge in [0.25, 0.3) is 0 Å². The van der Waals surface area contributed by atoms with E-state index in [9.17, 15) is 0 Å². The van der Waals surface area contributed by atoms with Gasteiger partial charge in [0.05, 0.1) is 5.69 Å². The van der Waals surface area contributed by atoms with E-state index >= 15 is 0 Å². The Balaban J connectivity index is 2.31. The van der Waals surface area contributed by atoms with Crippen molar-refractivity contribution < 1.29 is 0 Å². The molecule has 0 aliphatic carbocycles. The van der Waals surface area contributed by atoms with Gasteiger partial charge in [-0.25, -0.2) is 9.97 Å². The van der Waals surface area contributed by atoms with Crippen LogP contribution in [0.3, 0.4) is 0 Å². The van der Waals surface area contributed by atoms with Crippen molar-refractivity contribution in [3.8, 4) is 5.69 Å². The van der Waals surface area contributed by atoms with E-state index in [0.717, 1.165) is 29.1 Å². The summed E-state index contributed by atoms with van der Waals surface area (Å²) in [5.41, 5.74) is 9.81. The Morgan fingerprint density at radius 1 is 1.16 bits per heavy atom. The third kappa shape index (κ3) is 2.00. The summed E-state index contributed by atoms with van der Waals surface area (Å²) in [6.07, 6.45) is 2.54. The molecule has 2 aromatic heterocycles. The Bertz CT molecular complexity index is 715. The summed E-state index contributed by atoms with van der Waals surface area (Å²) in [7, 11) is 0.